The largest absolute Gasteiger partial charge is 0.377 e. The molecule has 1 aliphatic heterocycles. The topological polar surface area (TPSA) is 59.1 Å². The number of ether oxygens (including phenoxy) is 1. The van der Waals surface area contributed by atoms with Gasteiger partial charge in [0.1, 0.15) is 18.2 Å². The number of thioether (sulfide) groups is 2. The van der Waals surface area contributed by atoms with Crippen LogP contribution in [-0.4, -0.2) is 53.2 Å². The zero-order valence-electron chi connectivity index (χ0n) is 11.3. The molecule has 1 saturated heterocycles. The van der Waals surface area contributed by atoms with Crippen molar-refractivity contribution < 1.29 is 4.74 Å². The van der Waals surface area contributed by atoms with Gasteiger partial charge in [0.05, 0.1) is 0 Å². The van der Waals surface area contributed by atoms with E-state index in [2.05, 4.69) is 20.6 Å². The van der Waals surface area contributed by atoms with Gasteiger partial charge in [-0.2, -0.15) is 23.5 Å². The fraction of sp³-hybridized carbons (Fsp3) is 0.667. The van der Waals surface area contributed by atoms with Gasteiger partial charge in [-0.3, -0.25) is 0 Å². The van der Waals surface area contributed by atoms with E-state index in [4.69, 9.17) is 4.74 Å². The highest BCUT2D eigenvalue weighted by atomic mass is 32.2. The highest BCUT2D eigenvalue weighted by Crippen LogP contribution is 2.24. The van der Waals surface area contributed by atoms with Gasteiger partial charge in [0.15, 0.2) is 5.82 Å². The highest BCUT2D eigenvalue weighted by molar-refractivity contribution is 8.06. The molecule has 0 amide bonds. The van der Waals surface area contributed by atoms with Gasteiger partial charge in [-0.15, -0.1) is 0 Å². The zero-order valence-corrected chi connectivity index (χ0v) is 12.9. The number of nitrogens with zero attached hydrogens (tertiary/aromatic N) is 2. The molecule has 0 saturated carbocycles. The lowest BCUT2D eigenvalue weighted by molar-refractivity contribution is 0.178. The van der Waals surface area contributed by atoms with Crippen molar-refractivity contribution in [3.05, 3.63) is 11.9 Å². The van der Waals surface area contributed by atoms with Crippen molar-refractivity contribution in [1.29, 1.82) is 0 Å². The van der Waals surface area contributed by atoms with Crippen LogP contribution in [0.1, 0.15) is 5.82 Å². The number of aromatic nitrogens is 2. The molecule has 1 aromatic rings. The maximum Gasteiger partial charge on any atom is 0.158 e. The maximum absolute atomic E-state index is 5.09. The van der Waals surface area contributed by atoms with Crippen LogP contribution < -0.4 is 10.6 Å². The first-order valence-electron chi connectivity index (χ1n) is 6.29. The monoisotopic (exact) mass is 300 g/mol. The first-order chi connectivity index (χ1) is 9.31. The third kappa shape index (κ3) is 4.74. The lowest BCUT2D eigenvalue weighted by Crippen LogP contribution is -2.23. The van der Waals surface area contributed by atoms with Crippen molar-refractivity contribution >= 4 is 35.2 Å². The van der Waals surface area contributed by atoms with Crippen LogP contribution in [0.4, 0.5) is 11.6 Å². The van der Waals surface area contributed by atoms with Gasteiger partial charge in [-0.1, -0.05) is 0 Å². The second-order valence-electron chi connectivity index (χ2n) is 4.19. The summed E-state index contributed by atoms with van der Waals surface area (Å²) in [6.07, 6.45) is 0. The Hall–Kier alpha value is -0.660. The van der Waals surface area contributed by atoms with E-state index in [1.165, 1.54) is 17.3 Å². The number of hydrogen-bond acceptors (Lipinski definition) is 7. The van der Waals surface area contributed by atoms with Gasteiger partial charge in [0.25, 0.3) is 0 Å². The van der Waals surface area contributed by atoms with Gasteiger partial charge in [-0.05, 0) is 0 Å². The second kappa shape index (κ2) is 7.81. The molecular formula is C12H20N4OS2. The first-order valence-corrected chi connectivity index (χ1v) is 8.50. The Morgan fingerprint density at radius 2 is 2.21 bits per heavy atom. The molecule has 1 aliphatic rings. The summed E-state index contributed by atoms with van der Waals surface area (Å²) in [4.78, 5) is 8.79. The van der Waals surface area contributed by atoms with Crippen molar-refractivity contribution in [3.8, 4) is 0 Å². The average molecular weight is 300 g/mol. The fourth-order valence-electron chi connectivity index (χ4n) is 1.78. The second-order valence-corrected chi connectivity index (χ2v) is 6.74. The third-order valence-electron chi connectivity index (χ3n) is 2.70. The Kier molecular flexibility index (Phi) is 6.06. The molecule has 7 heteroatoms. The van der Waals surface area contributed by atoms with Crippen molar-refractivity contribution in [2.24, 2.45) is 0 Å². The van der Waals surface area contributed by atoms with E-state index in [0.717, 1.165) is 18.2 Å². The average Bonchev–Trinajstić information content (AvgIpc) is 2.46. The summed E-state index contributed by atoms with van der Waals surface area (Å²) in [6, 6.07) is 1.93. The normalized spacial score (nSPS) is 19.2. The van der Waals surface area contributed by atoms with Gasteiger partial charge < -0.3 is 15.4 Å². The first kappa shape index (κ1) is 14.7. The van der Waals surface area contributed by atoms with Crippen molar-refractivity contribution in [2.45, 2.75) is 11.9 Å². The number of anilines is 2. The molecule has 19 heavy (non-hydrogen) atoms. The Balaban J connectivity index is 1.95. The van der Waals surface area contributed by atoms with Crippen LogP contribution in [0.25, 0.3) is 0 Å². The van der Waals surface area contributed by atoms with Crippen LogP contribution in [0, 0.1) is 0 Å². The van der Waals surface area contributed by atoms with E-state index < -0.39 is 0 Å². The maximum atomic E-state index is 5.09. The van der Waals surface area contributed by atoms with E-state index in [0.29, 0.717) is 17.7 Å². The van der Waals surface area contributed by atoms with Crippen LogP contribution in [0.5, 0.6) is 0 Å². The number of rotatable bonds is 6. The quantitative estimate of drug-likeness (QED) is 0.832. The van der Waals surface area contributed by atoms with Crippen molar-refractivity contribution in [3.63, 3.8) is 0 Å². The Labute approximate surface area is 122 Å². The molecule has 0 aliphatic carbocycles. The fourth-order valence-corrected chi connectivity index (χ4v) is 4.39. The number of hydrogen-bond donors (Lipinski definition) is 2. The predicted molar refractivity (Wildman–Crippen MR) is 84.4 cm³/mol. The van der Waals surface area contributed by atoms with E-state index in [-0.39, 0.29) is 0 Å². The van der Waals surface area contributed by atoms with E-state index >= 15 is 0 Å². The minimum atomic E-state index is 0.429. The van der Waals surface area contributed by atoms with Crippen LogP contribution in [0.15, 0.2) is 6.07 Å². The standard InChI is InChI=1S/C12H20N4OS2/c1-13-10-5-11(16-12(15-10)7-17-2)14-6-9-8-18-3-4-19-9/h5,9H,3-4,6-8H2,1-2H3,(H2,13,14,15,16). The minimum absolute atomic E-state index is 0.429. The Morgan fingerprint density at radius 3 is 2.89 bits per heavy atom. The molecule has 2 rings (SSSR count). The van der Waals surface area contributed by atoms with E-state index in [9.17, 15) is 0 Å². The van der Waals surface area contributed by atoms with E-state index in [1.807, 2.05) is 36.6 Å². The number of nitrogens with one attached hydrogen (secondary N) is 2. The van der Waals surface area contributed by atoms with Crippen LogP contribution in [0.3, 0.4) is 0 Å². The molecule has 5 nitrogen and oxygen atoms in total. The molecule has 106 valence electrons. The molecule has 0 spiro atoms. The lowest BCUT2D eigenvalue weighted by Gasteiger charge is -2.21. The summed E-state index contributed by atoms with van der Waals surface area (Å²) < 4.78 is 5.09. The van der Waals surface area contributed by atoms with E-state index in [1.54, 1.807) is 7.11 Å². The SMILES string of the molecule is CNc1cc(NCC2CSCCS2)nc(COC)n1. The molecule has 0 bridgehead atoms. The van der Waals surface area contributed by atoms with Gasteiger partial charge in [0, 0.05) is 49.3 Å². The Morgan fingerprint density at radius 1 is 1.37 bits per heavy atom. The Bertz CT molecular complexity index is 399. The van der Waals surface area contributed by atoms with Crippen molar-refractivity contribution in [2.75, 3.05) is 48.6 Å². The summed E-state index contributed by atoms with van der Waals surface area (Å²) in [5.74, 6) is 6.11. The molecule has 1 aromatic heterocycles. The van der Waals surface area contributed by atoms with Crippen LogP contribution in [-0.2, 0) is 11.3 Å². The van der Waals surface area contributed by atoms with Gasteiger partial charge >= 0.3 is 0 Å². The lowest BCUT2D eigenvalue weighted by atomic mass is 10.4. The summed E-state index contributed by atoms with van der Waals surface area (Å²) in [7, 11) is 3.51. The smallest absolute Gasteiger partial charge is 0.158 e. The minimum Gasteiger partial charge on any atom is -0.377 e. The molecule has 0 aromatic carbocycles. The summed E-state index contributed by atoms with van der Waals surface area (Å²) in [5.41, 5.74) is 0. The zero-order chi connectivity index (χ0) is 13.5. The highest BCUT2D eigenvalue weighted by Gasteiger charge is 2.14. The predicted octanol–water partition coefficient (Wildman–Crippen LogP) is 1.93. The van der Waals surface area contributed by atoms with Crippen molar-refractivity contribution in [1.82, 2.24) is 9.97 Å². The molecule has 2 N–H and O–H groups in total. The molecule has 1 fully saturated rings. The molecule has 1 atom stereocenters. The van der Waals surface area contributed by atoms with Crippen LogP contribution >= 0.6 is 23.5 Å². The van der Waals surface area contributed by atoms with Gasteiger partial charge in [0.2, 0.25) is 0 Å². The molecule has 0 radical (unpaired) electrons. The summed E-state index contributed by atoms with van der Waals surface area (Å²) in [5, 5.41) is 7.12. The molecule has 2 heterocycles. The molecule has 1 unspecified atom stereocenters. The van der Waals surface area contributed by atoms with Crippen LogP contribution in [0.2, 0.25) is 0 Å². The molecular weight excluding hydrogens is 280 g/mol. The summed E-state index contributed by atoms with van der Waals surface area (Å²) in [6.45, 7) is 1.38. The third-order valence-corrected chi connectivity index (χ3v) is 5.54. The van der Waals surface area contributed by atoms with Gasteiger partial charge in [-0.25, -0.2) is 9.97 Å². The number of methoxy groups -OCH3 is 1. The summed E-state index contributed by atoms with van der Waals surface area (Å²) >= 11 is 4.07.